The third-order valence-corrected chi connectivity index (χ3v) is 11.4. The predicted octanol–water partition coefficient (Wildman–Crippen LogP) is 13.8. The fraction of sp³-hybridized carbons (Fsp3) is 0. The van der Waals surface area contributed by atoms with Crippen molar-refractivity contribution < 1.29 is 4.42 Å². The normalized spacial score (nSPS) is 11.8. The third-order valence-electron chi connectivity index (χ3n) is 11.4. The minimum atomic E-state index is 0.534. The summed E-state index contributed by atoms with van der Waals surface area (Å²) in [6, 6.07) is 68.1. The standard InChI is InChI=1S/C53H32N4O/c1-2-12-33(13-3-1)35-22-25-36(26-23-35)51-54-52(40-27-24-34-14-4-5-15-37(34)30-40)56-53(55-51)49-46(29-28-43-42-19-9-11-21-48(42)58-50(43)49)57-45-20-10-8-18-41(45)44-31-38-16-6-7-17-39(38)32-47(44)57/h1-32H. The molecule has 5 heteroatoms. The van der Waals surface area contributed by atoms with E-state index < -0.39 is 0 Å². The van der Waals surface area contributed by atoms with Crippen molar-refractivity contribution in [1.82, 2.24) is 19.5 Å². The maximum absolute atomic E-state index is 6.87. The van der Waals surface area contributed by atoms with Crippen LogP contribution in [-0.4, -0.2) is 19.5 Å². The summed E-state index contributed by atoms with van der Waals surface area (Å²) in [5, 5.41) is 9.04. The lowest BCUT2D eigenvalue weighted by Gasteiger charge is -2.15. The zero-order valence-corrected chi connectivity index (χ0v) is 31.2. The monoisotopic (exact) mass is 740 g/mol. The van der Waals surface area contributed by atoms with Crippen LogP contribution in [0.25, 0.3) is 116 Å². The lowest BCUT2D eigenvalue weighted by Crippen LogP contribution is -2.04. The summed E-state index contributed by atoms with van der Waals surface area (Å²) in [5.41, 5.74) is 9.53. The zero-order valence-electron chi connectivity index (χ0n) is 31.2. The molecular weight excluding hydrogens is 709 g/mol. The molecule has 0 N–H and O–H groups in total. The number of nitrogens with zero attached hydrogens (tertiary/aromatic N) is 4. The number of fused-ring (bicyclic) bond motifs is 8. The number of para-hydroxylation sites is 2. The minimum absolute atomic E-state index is 0.534. The lowest BCUT2D eigenvalue weighted by atomic mass is 10.0. The molecule has 12 rings (SSSR count). The van der Waals surface area contributed by atoms with Crippen LogP contribution in [0, 0.1) is 0 Å². The van der Waals surface area contributed by atoms with Crippen LogP contribution < -0.4 is 0 Å². The summed E-state index contributed by atoms with van der Waals surface area (Å²) in [6.07, 6.45) is 0. The van der Waals surface area contributed by atoms with E-state index in [1.165, 1.54) is 21.5 Å². The molecule has 0 saturated heterocycles. The summed E-state index contributed by atoms with van der Waals surface area (Å²) < 4.78 is 9.22. The van der Waals surface area contributed by atoms with Gasteiger partial charge in [-0.3, -0.25) is 0 Å². The Bertz CT molecular complexity index is 3560. The van der Waals surface area contributed by atoms with Crippen molar-refractivity contribution in [2.24, 2.45) is 0 Å². The summed E-state index contributed by atoms with van der Waals surface area (Å²) in [6.45, 7) is 0. The van der Waals surface area contributed by atoms with Crippen LogP contribution >= 0.6 is 0 Å². The van der Waals surface area contributed by atoms with Crippen LogP contribution in [0.15, 0.2) is 199 Å². The molecule has 9 aromatic carbocycles. The second-order valence-electron chi connectivity index (χ2n) is 14.8. The molecule has 0 bridgehead atoms. The molecule has 58 heavy (non-hydrogen) atoms. The van der Waals surface area contributed by atoms with E-state index in [2.05, 4.69) is 180 Å². The molecule has 0 aliphatic rings. The van der Waals surface area contributed by atoms with Gasteiger partial charge in [0.1, 0.15) is 11.2 Å². The molecule has 0 saturated carbocycles. The van der Waals surface area contributed by atoms with Crippen molar-refractivity contribution in [2.45, 2.75) is 0 Å². The van der Waals surface area contributed by atoms with Gasteiger partial charge < -0.3 is 8.98 Å². The van der Waals surface area contributed by atoms with Crippen molar-refractivity contribution in [1.29, 1.82) is 0 Å². The van der Waals surface area contributed by atoms with Gasteiger partial charge in [-0.15, -0.1) is 0 Å². The fourth-order valence-electron chi connectivity index (χ4n) is 8.61. The maximum atomic E-state index is 6.87. The first-order chi connectivity index (χ1) is 28.7. The summed E-state index contributed by atoms with van der Waals surface area (Å²) >= 11 is 0. The predicted molar refractivity (Wildman–Crippen MR) is 238 cm³/mol. The Morgan fingerprint density at radius 2 is 0.931 bits per heavy atom. The first-order valence-electron chi connectivity index (χ1n) is 19.5. The number of hydrogen-bond acceptors (Lipinski definition) is 4. The number of rotatable bonds is 5. The van der Waals surface area contributed by atoms with E-state index in [-0.39, 0.29) is 0 Å². The first kappa shape index (κ1) is 32.4. The van der Waals surface area contributed by atoms with Crippen molar-refractivity contribution in [2.75, 3.05) is 0 Å². The zero-order chi connectivity index (χ0) is 38.2. The van der Waals surface area contributed by atoms with E-state index in [4.69, 9.17) is 19.4 Å². The van der Waals surface area contributed by atoms with Crippen LogP contribution in [0.1, 0.15) is 0 Å². The molecule has 0 atom stereocenters. The molecule has 0 fully saturated rings. The Balaban J connectivity index is 1.17. The molecule has 12 aromatic rings. The van der Waals surface area contributed by atoms with E-state index in [9.17, 15) is 0 Å². The van der Waals surface area contributed by atoms with E-state index in [1.807, 2.05) is 18.2 Å². The Morgan fingerprint density at radius 3 is 1.74 bits per heavy atom. The smallest absolute Gasteiger partial charge is 0.170 e. The lowest BCUT2D eigenvalue weighted by molar-refractivity contribution is 0.669. The molecule has 0 aliphatic heterocycles. The van der Waals surface area contributed by atoms with E-state index in [0.717, 1.165) is 77.2 Å². The number of furan rings is 1. The van der Waals surface area contributed by atoms with Gasteiger partial charge in [0, 0.05) is 32.7 Å². The molecule has 5 nitrogen and oxygen atoms in total. The number of aromatic nitrogens is 4. The molecule has 0 amide bonds. The van der Waals surface area contributed by atoms with Crippen molar-refractivity contribution >= 4 is 65.3 Å². The summed E-state index contributed by atoms with van der Waals surface area (Å²) in [5.74, 6) is 1.71. The van der Waals surface area contributed by atoms with Gasteiger partial charge in [-0.25, -0.2) is 15.0 Å². The van der Waals surface area contributed by atoms with Gasteiger partial charge in [-0.05, 0) is 75.1 Å². The SMILES string of the molecule is c1ccc(-c2ccc(-c3nc(-c4ccc5ccccc5c4)nc(-c4c(-n5c6ccccc6c6cc7ccccc7cc65)ccc5c4oc4ccccc45)n3)cc2)cc1. The van der Waals surface area contributed by atoms with Crippen LogP contribution in [0.4, 0.5) is 0 Å². The van der Waals surface area contributed by atoms with Gasteiger partial charge in [-0.1, -0.05) is 152 Å². The topological polar surface area (TPSA) is 56.7 Å². The average Bonchev–Trinajstić information content (AvgIpc) is 3.83. The van der Waals surface area contributed by atoms with Gasteiger partial charge in [0.15, 0.2) is 17.5 Å². The minimum Gasteiger partial charge on any atom is -0.455 e. The summed E-state index contributed by atoms with van der Waals surface area (Å²) in [4.78, 5) is 15.9. The van der Waals surface area contributed by atoms with Crippen molar-refractivity contribution in [3.05, 3.63) is 194 Å². The summed E-state index contributed by atoms with van der Waals surface area (Å²) in [7, 11) is 0. The molecule has 3 aromatic heterocycles. The highest BCUT2D eigenvalue weighted by Gasteiger charge is 2.25. The van der Waals surface area contributed by atoms with Crippen LogP contribution in [0.2, 0.25) is 0 Å². The van der Waals surface area contributed by atoms with Gasteiger partial charge in [-0.2, -0.15) is 0 Å². The van der Waals surface area contributed by atoms with Gasteiger partial charge in [0.25, 0.3) is 0 Å². The first-order valence-corrected chi connectivity index (χ1v) is 19.5. The molecule has 0 radical (unpaired) electrons. The van der Waals surface area contributed by atoms with E-state index >= 15 is 0 Å². The van der Waals surface area contributed by atoms with Crippen molar-refractivity contribution in [3.63, 3.8) is 0 Å². The average molecular weight is 741 g/mol. The Labute approximate surface area is 333 Å². The Kier molecular flexibility index (Phi) is 7.16. The molecule has 3 heterocycles. The van der Waals surface area contributed by atoms with Gasteiger partial charge >= 0.3 is 0 Å². The fourth-order valence-corrected chi connectivity index (χ4v) is 8.61. The number of benzene rings is 9. The molecule has 270 valence electrons. The molecule has 0 unspecified atom stereocenters. The van der Waals surface area contributed by atoms with E-state index in [0.29, 0.717) is 17.5 Å². The highest BCUT2D eigenvalue weighted by atomic mass is 16.3. The van der Waals surface area contributed by atoms with Crippen LogP contribution in [-0.2, 0) is 0 Å². The highest BCUT2D eigenvalue weighted by molar-refractivity contribution is 6.16. The Hall–Kier alpha value is -7.89. The number of hydrogen-bond donors (Lipinski definition) is 0. The second-order valence-corrected chi connectivity index (χ2v) is 14.8. The third kappa shape index (κ3) is 5.14. The van der Waals surface area contributed by atoms with Crippen molar-refractivity contribution in [3.8, 4) is 51.0 Å². The van der Waals surface area contributed by atoms with E-state index in [1.54, 1.807) is 0 Å². The van der Waals surface area contributed by atoms with Crippen LogP contribution in [0.5, 0.6) is 0 Å². The largest absolute Gasteiger partial charge is 0.455 e. The van der Waals surface area contributed by atoms with Crippen LogP contribution in [0.3, 0.4) is 0 Å². The maximum Gasteiger partial charge on any atom is 0.170 e. The molecular formula is C53H32N4O. The quantitative estimate of drug-likeness (QED) is 0.176. The second kappa shape index (κ2) is 12.8. The van der Waals surface area contributed by atoms with Gasteiger partial charge in [0.2, 0.25) is 0 Å². The van der Waals surface area contributed by atoms with Gasteiger partial charge in [0.05, 0.1) is 22.3 Å². The Morgan fingerprint density at radius 1 is 0.345 bits per heavy atom. The molecule has 0 spiro atoms. The molecule has 0 aliphatic carbocycles. The highest BCUT2D eigenvalue weighted by Crippen LogP contribution is 2.43.